The summed E-state index contributed by atoms with van der Waals surface area (Å²) < 4.78 is 23.5. The summed E-state index contributed by atoms with van der Waals surface area (Å²) in [4.78, 5) is 48.7. The number of carbonyl (C=O) groups is 4. The molecule has 2 amide bonds. The maximum Gasteiger partial charge on any atom is 0.337 e. The summed E-state index contributed by atoms with van der Waals surface area (Å²) in [6, 6.07) is 8.95. The number of hydrogen-bond donors (Lipinski definition) is 2. The Bertz CT molecular complexity index is 1020. The van der Waals surface area contributed by atoms with Crippen LogP contribution in [-0.4, -0.2) is 43.5 Å². The molecule has 0 heterocycles. The molecule has 0 spiro atoms. The molecule has 0 unspecified atom stereocenters. The molecule has 0 aliphatic carbocycles. The third kappa shape index (κ3) is 6.37. The summed E-state index contributed by atoms with van der Waals surface area (Å²) in [7, 11) is 1.25. The van der Waals surface area contributed by atoms with Gasteiger partial charge in [0.2, 0.25) is 0 Å². The van der Waals surface area contributed by atoms with Crippen LogP contribution in [0.15, 0.2) is 42.5 Å². The third-order valence-corrected chi connectivity index (χ3v) is 4.60. The largest absolute Gasteiger partial charge is 0.465 e. The number of benzene rings is 2. The van der Waals surface area contributed by atoms with E-state index in [4.69, 9.17) is 4.74 Å². The Morgan fingerprint density at radius 2 is 1.75 bits per heavy atom. The van der Waals surface area contributed by atoms with Crippen molar-refractivity contribution in [1.82, 2.24) is 5.32 Å². The second kappa shape index (κ2) is 11.0. The summed E-state index contributed by atoms with van der Waals surface area (Å²) in [5, 5.41) is 5.01. The Morgan fingerprint density at radius 1 is 1.06 bits per heavy atom. The van der Waals surface area contributed by atoms with Crippen molar-refractivity contribution in [3.05, 3.63) is 65.0 Å². The highest BCUT2D eigenvalue weighted by atomic mass is 19.1. The number of rotatable bonds is 8. The number of carbonyl (C=O) groups excluding carboxylic acids is 4. The monoisotopic (exact) mass is 444 g/mol. The van der Waals surface area contributed by atoms with E-state index in [0.717, 1.165) is 6.07 Å². The lowest BCUT2D eigenvalue weighted by Gasteiger charge is -2.21. The molecule has 8 nitrogen and oxygen atoms in total. The summed E-state index contributed by atoms with van der Waals surface area (Å²) in [6.07, 6.45) is 0. The number of esters is 2. The van der Waals surface area contributed by atoms with Gasteiger partial charge in [0.25, 0.3) is 11.8 Å². The third-order valence-electron chi connectivity index (χ3n) is 4.60. The Labute approximate surface area is 185 Å². The van der Waals surface area contributed by atoms with E-state index in [1.54, 1.807) is 32.9 Å². The van der Waals surface area contributed by atoms with Crippen LogP contribution in [0.2, 0.25) is 0 Å². The van der Waals surface area contributed by atoms with Gasteiger partial charge in [-0.15, -0.1) is 0 Å². The Hall–Kier alpha value is -3.75. The lowest BCUT2D eigenvalue weighted by molar-refractivity contribution is -0.150. The van der Waals surface area contributed by atoms with Gasteiger partial charge in [-0.05, 0) is 42.7 Å². The molecule has 0 saturated carbocycles. The van der Waals surface area contributed by atoms with Gasteiger partial charge in [-0.3, -0.25) is 9.59 Å². The van der Waals surface area contributed by atoms with Crippen molar-refractivity contribution in [2.75, 3.05) is 19.0 Å². The van der Waals surface area contributed by atoms with E-state index in [2.05, 4.69) is 15.4 Å². The number of hydrogen-bond acceptors (Lipinski definition) is 6. The summed E-state index contributed by atoms with van der Waals surface area (Å²) in [5.41, 5.74) is 1.10. The van der Waals surface area contributed by atoms with Crippen molar-refractivity contribution in [3.63, 3.8) is 0 Å². The molecule has 32 heavy (non-hydrogen) atoms. The van der Waals surface area contributed by atoms with E-state index in [1.807, 2.05) is 0 Å². The van der Waals surface area contributed by atoms with Gasteiger partial charge in [0.1, 0.15) is 11.9 Å². The van der Waals surface area contributed by atoms with Gasteiger partial charge >= 0.3 is 11.9 Å². The van der Waals surface area contributed by atoms with Crippen LogP contribution < -0.4 is 10.6 Å². The number of nitrogens with one attached hydrogen (secondary N) is 2. The van der Waals surface area contributed by atoms with E-state index in [9.17, 15) is 23.6 Å². The van der Waals surface area contributed by atoms with E-state index in [-0.39, 0.29) is 17.0 Å². The van der Waals surface area contributed by atoms with Gasteiger partial charge in [0, 0.05) is 5.69 Å². The maximum absolute atomic E-state index is 13.8. The van der Waals surface area contributed by atoms with Crippen molar-refractivity contribution in [1.29, 1.82) is 0 Å². The zero-order valence-corrected chi connectivity index (χ0v) is 18.2. The van der Waals surface area contributed by atoms with Crippen molar-refractivity contribution >= 4 is 29.4 Å². The normalized spacial score (nSPS) is 11.4. The van der Waals surface area contributed by atoms with Crippen LogP contribution in [0.1, 0.15) is 40.1 Å². The van der Waals surface area contributed by atoms with E-state index in [1.165, 1.54) is 31.4 Å². The quantitative estimate of drug-likeness (QED) is 0.606. The zero-order chi connectivity index (χ0) is 23.8. The number of amides is 2. The molecule has 2 aromatic carbocycles. The summed E-state index contributed by atoms with van der Waals surface area (Å²) >= 11 is 0. The molecule has 0 fully saturated rings. The summed E-state index contributed by atoms with van der Waals surface area (Å²) in [6.45, 7) is 4.47. The fourth-order valence-electron chi connectivity index (χ4n) is 2.78. The van der Waals surface area contributed by atoms with Crippen molar-refractivity contribution < 1.29 is 33.0 Å². The van der Waals surface area contributed by atoms with Crippen LogP contribution in [0.5, 0.6) is 0 Å². The Kier molecular flexibility index (Phi) is 8.46. The van der Waals surface area contributed by atoms with E-state index < -0.39 is 42.2 Å². The number of anilines is 1. The van der Waals surface area contributed by atoms with Crippen molar-refractivity contribution in [3.8, 4) is 0 Å². The number of ether oxygens (including phenoxy) is 2. The predicted octanol–water partition coefficient (Wildman–Crippen LogP) is 2.86. The van der Waals surface area contributed by atoms with Crippen LogP contribution in [0.3, 0.4) is 0 Å². The minimum atomic E-state index is -1.08. The van der Waals surface area contributed by atoms with Crippen LogP contribution >= 0.6 is 0 Å². The SMILES string of the molecule is COC(=O)c1ccc(C)c(NC(=O)COC(=O)[C@@H](NC(=O)c2ccccc2F)C(C)C)c1. The van der Waals surface area contributed by atoms with Crippen LogP contribution in [0.25, 0.3) is 0 Å². The molecule has 0 aromatic heterocycles. The molecule has 1 atom stereocenters. The van der Waals surface area contributed by atoms with Gasteiger partial charge in [0.05, 0.1) is 18.2 Å². The van der Waals surface area contributed by atoms with Crippen LogP contribution in [-0.2, 0) is 19.1 Å². The average molecular weight is 444 g/mol. The molecule has 0 saturated heterocycles. The first-order valence-electron chi connectivity index (χ1n) is 9.84. The van der Waals surface area contributed by atoms with Crippen LogP contribution in [0, 0.1) is 18.7 Å². The van der Waals surface area contributed by atoms with Crippen molar-refractivity contribution in [2.24, 2.45) is 5.92 Å². The molecular formula is C23H25FN2O6. The molecule has 170 valence electrons. The summed E-state index contributed by atoms with van der Waals surface area (Å²) in [5.74, 6) is -3.88. The first kappa shape index (κ1) is 24.5. The highest BCUT2D eigenvalue weighted by molar-refractivity contribution is 5.98. The van der Waals surface area contributed by atoms with Gasteiger partial charge in [-0.25, -0.2) is 14.0 Å². The molecule has 0 radical (unpaired) electrons. The zero-order valence-electron chi connectivity index (χ0n) is 18.2. The highest BCUT2D eigenvalue weighted by Gasteiger charge is 2.27. The smallest absolute Gasteiger partial charge is 0.337 e. The van der Waals surface area contributed by atoms with Crippen LogP contribution in [0.4, 0.5) is 10.1 Å². The van der Waals surface area contributed by atoms with Gasteiger partial charge in [-0.1, -0.05) is 32.0 Å². The molecule has 0 bridgehead atoms. The molecule has 2 N–H and O–H groups in total. The second-order valence-corrected chi connectivity index (χ2v) is 7.35. The molecule has 0 aliphatic rings. The standard InChI is InChI=1S/C23H25FN2O6/c1-13(2)20(26-21(28)16-7-5-6-8-17(16)24)23(30)32-12-19(27)25-18-11-15(22(29)31-4)10-9-14(18)3/h5-11,13,20H,12H2,1-4H3,(H,25,27)(H,26,28)/t20-/m0/s1. The predicted molar refractivity (Wildman–Crippen MR) is 115 cm³/mol. The molecule has 9 heteroatoms. The molecule has 2 rings (SSSR count). The topological polar surface area (TPSA) is 111 Å². The Morgan fingerprint density at radius 3 is 2.38 bits per heavy atom. The first-order chi connectivity index (χ1) is 15.1. The van der Waals surface area contributed by atoms with Gasteiger partial charge in [0.15, 0.2) is 6.61 Å². The van der Waals surface area contributed by atoms with Crippen molar-refractivity contribution in [2.45, 2.75) is 26.8 Å². The molecular weight excluding hydrogens is 419 g/mol. The fraction of sp³-hybridized carbons (Fsp3) is 0.304. The van der Waals surface area contributed by atoms with E-state index in [0.29, 0.717) is 11.3 Å². The number of aryl methyl sites for hydroxylation is 1. The lowest BCUT2D eigenvalue weighted by Crippen LogP contribution is -2.46. The molecule has 0 aliphatic heterocycles. The Balaban J connectivity index is 2.00. The lowest BCUT2D eigenvalue weighted by atomic mass is 10.0. The van der Waals surface area contributed by atoms with Gasteiger partial charge in [-0.2, -0.15) is 0 Å². The maximum atomic E-state index is 13.8. The average Bonchev–Trinajstić information content (AvgIpc) is 2.76. The van der Waals surface area contributed by atoms with E-state index >= 15 is 0 Å². The minimum absolute atomic E-state index is 0.204. The number of halogens is 1. The number of methoxy groups -OCH3 is 1. The van der Waals surface area contributed by atoms with Gasteiger partial charge < -0.3 is 20.1 Å². The molecule has 2 aromatic rings. The first-order valence-corrected chi connectivity index (χ1v) is 9.84. The minimum Gasteiger partial charge on any atom is -0.465 e. The fourth-order valence-corrected chi connectivity index (χ4v) is 2.78. The highest BCUT2D eigenvalue weighted by Crippen LogP contribution is 2.17. The second-order valence-electron chi connectivity index (χ2n) is 7.35.